The Bertz CT molecular complexity index is 219. The Morgan fingerprint density at radius 1 is 0.875 bits per heavy atom. The third-order valence-electron chi connectivity index (χ3n) is 2.83. The van der Waals surface area contributed by atoms with Crippen molar-refractivity contribution in [1.29, 1.82) is 0 Å². The van der Waals surface area contributed by atoms with E-state index in [-0.39, 0.29) is 0 Å². The Morgan fingerprint density at radius 3 is 2.19 bits per heavy atom. The maximum absolute atomic E-state index is 5.29. The van der Waals surface area contributed by atoms with Gasteiger partial charge in [-0.15, -0.1) is 0 Å². The van der Waals surface area contributed by atoms with Crippen molar-refractivity contribution < 1.29 is 9.47 Å². The molecule has 92 valence electrons. The molecular formula is C14H24O2. The molecule has 1 rings (SSSR count). The van der Waals surface area contributed by atoms with Gasteiger partial charge in [0.15, 0.2) is 0 Å². The first-order valence-electron chi connectivity index (χ1n) is 6.59. The highest BCUT2D eigenvalue weighted by molar-refractivity contribution is 4.94. The summed E-state index contributed by atoms with van der Waals surface area (Å²) in [6.07, 6.45) is 16.6. The van der Waals surface area contributed by atoms with Crippen molar-refractivity contribution in [1.82, 2.24) is 0 Å². The zero-order chi connectivity index (χ0) is 11.5. The second kappa shape index (κ2) is 9.32. The smallest absolute Gasteiger partial charge is 0.138 e. The summed E-state index contributed by atoms with van der Waals surface area (Å²) >= 11 is 0. The van der Waals surface area contributed by atoms with Gasteiger partial charge in [0.1, 0.15) is 24.5 Å². The van der Waals surface area contributed by atoms with Crippen LogP contribution in [-0.4, -0.2) is 0 Å². The number of rotatable bonds is 9. The number of allylic oxidation sites excluding steroid dienone is 1. The lowest BCUT2D eigenvalue weighted by Crippen LogP contribution is -1.92. The van der Waals surface area contributed by atoms with Crippen molar-refractivity contribution in [3.63, 3.8) is 0 Å². The van der Waals surface area contributed by atoms with Crippen molar-refractivity contribution in [2.24, 2.45) is 0 Å². The van der Waals surface area contributed by atoms with Crippen molar-refractivity contribution in [3.8, 4) is 0 Å². The molecule has 0 saturated carbocycles. The molecule has 0 radical (unpaired) electrons. The minimum atomic E-state index is 0.952. The van der Waals surface area contributed by atoms with E-state index in [4.69, 9.17) is 9.47 Å². The van der Waals surface area contributed by atoms with E-state index in [0.717, 1.165) is 12.2 Å². The largest absolute Gasteiger partial charge is 0.466 e. The summed E-state index contributed by atoms with van der Waals surface area (Å²) in [4.78, 5) is 0. The molecule has 0 aromatic heterocycles. The highest BCUT2D eigenvalue weighted by Gasteiger charge is 2.00. The van der Waals surface area contributed by atoms with Crippen LogP contribution in [0.25, 0.3) is 0 Å². The molecule has 1 heterocycles. The number of hydrogen-bond acceptors (Lipinski definition) is 2. The van der Waals surface area contributed by atoms with Gasteiger partial charge in [0, 0.05) is 6.42 Å². The molecule has 0 fully saturated rings. The molecule has 0 aliphatic carbocycles. The number of ether oxygens (including phenoxy) is 2. The van der Waals surface area contributed by atoms with E-state index in [9.17, 15) is 0 Å². The normalized spacial score (nSPS) is 14.2. The molecule has 0 aromatic rings. The maximum Gasteiger partial charge on any atom is 0.138 e. The molecule has 0 atom stereocenters. The van der Waals surface area contributed by atoms with Gasteiger partial charge in [0.2, 0.25) is 0 Å². The first kappa shape index (κ1) is 13.1. The zero-order valence-electron chi connectivity index (χ0n) is 10.4. The molecule has 2 heteroatoms. The third kappa shape index (κ3) is 6.54. The van der Waals surface area contributed by atoms with E-state index >= 15 is 0 Å². The molecule has 16 heavy (non-hydrogen) atoms. The molecule has 0 bridgehead atoms. The minimum Gasteiger partial charge on any atom is -0.466 e. The van der Waals surface area contributed by atoms with Gasteiger partial charge in [-0.05, 0) is 6.42 Å². The van der Waals surface area contributed by atoms with Crippen LogP contribution in [0.5, 0.6) is 0 Å². The Balaban J connectivity index is 1.83. The van der Waals surface area contributed by atoms with E-state index in [1.807, 2.05) is 0 Å². The summed E-state index contributed by atoms with van der Waals surface area (Å²) in [5.74, 6) is 0.952. The number of unbranched alkanes of at least 4 members (excludes halogenated alkanes) is 7. The van der Waals surface area contributed by atoms with Gasteiger partial charge in [0.25, 0.3) is 0 Å². The Kier molecular flexibility index (Phi) is 7.65. The predicted molar refractivity (Wildman–Crippen MR) is 66.6 cm³/mol. The van der Waals surface area contributed by atoms with Crippen molar-refractivity contribution in [2.75, 3.05) is 0 Å². The Hall–Kier alpha value is -0.920. The molecule has 1 aliphatic heterocycles. The first-order chi connectivity index (χ1) is 7.93. The fourth-order valence-electron chi connectivity index (χ4n) is 1.84. The first-order valence-corrected chi connectivity index (χ1v) is 6.59. The van der Waals surface area contributed by atoms with Gasteiger partial charge >= 0.3 is 0 Å². The fraction of sp³-hybridized carbons (Fsp3) is 0.714. The summed E-state index contributed by atoms with van der Waals surface area (Å²) < 4.78 is 10.3. The third-order valence-corrected chi connectivity index (χ3v) is 2.83. The van der Waals surface area contributed by atoms with Crippen LogP contribution in [0.15, 0.2) is 24.5 Å². The van der Waals surface area contributed by atoms with Gasteiger partial charge in [-0.2, -0.15) is 0 Å². The van der Waals surface area contributed by atoms with Crippen LogP contribution in [0.4, 0.5) is 0 Å². The lowest BCUT2D eigenvalue weighted by atomic mass is 10.1. The Morgan fingerprint density at radius 2 is 1.56 bits per heavy atom. The van der Waals surface area contributed by atoms with E-state index in [1.54, 1.807) is 18.8 Å². The highest BCUT2D eigenvalue weighted by Crippen LogP contribution is 2.15. The highest BCUT2D eigenvalue weighted by atomic mass is 16.5. The average molecular weight is 224 g/mol. The summed E-state index contributed by atoms with van der Waals surface area (Å²) in [5, 5.41) is 0. The molecular weight excluding hydrogens is 200 g/mol. The minimum absolute atomic E-state index is 0.952. The maximum atomic E-state index is 5.29. The van der Waals surface area contributed by atoms with E-state index in [1.165, 1.54) is 51.4 Å². The van der Waals surface area contributed by atoms with Gasteiger partial charge < -0.3 is 9.47 Å². The molecule has 2 nitrogen and oxygen atoms in total. The van der Waals surface area contributed by atoms with Crippen LogP contribution in [0.2, 0.25) is 0 Å². The molecule has 0 saturated heterocycles. The van der Waals surface area contributed by atoms with Gasteiger partial charge in [0.05, 0.1) is 0 Å². The SMILES string of the molecule is CCCCCCCCCCC1=COC=CO1. The molecule has 0 unspecified atom stereocenters. The van der Waals surface area contributed by atoms with Crippen molar-refractivity contribution in [2.45, 2.75) is 64.7 Å². The average Bonchev–Trinajstić information content (AvgIpc) is 2.34. The van der Waals surface area contributed by atoms with Crippen LogP contribution < -0.4 is 0 Å². The van der Waals surface area contributed by atoms with Gasteiger partial charge in [-0.1, -0.05) is 51.9 Å². The van der Waals surface area contributed by atoms with Crippen LogP contribution in [0, 0.1) is 0 Å². The summed E-state index contributed by atoms with van der Waals surface area (Å²) in [7, 11) is 0. The molecule has 0 aromatic carbocycles. The quantitative estimate of drug-likeness (QED) is 0.520. The molecule has 0 N–H and O–H groups in total. The monoisotopic (exact) mass is 224 g/mol. The van der Waals surface area contributed by atoms with Crippen LogP contribution in [0.3, 0.4) is 0 Å². The topological polar surface area (TPSA) is 18.5 Å². The lowest BCUT2D eigenvalue weighted by Gasteiger charge is -2.09. The van der Waals surface area contributed by atoms with Crippen molar-refractivity contribution >= 4 is 0 Å². The predicted octanol–water partition coefficient (Wildman–Crippen LogP) is 4.88. The van der Waals surface area contributed by atoms with Crippen molar-refractivity contribution in [3.05, 3.63) is 24.5 Å². The molecule has 0 amide bonds. The second-order valence-corrected chi connectivity index (χ2v) is 4.34. The van der Waals surface area contributed by atoms with Gasteiger partial charge in [-0.25, -0.2) is 0 Å². The van der Waals surface area contributed by atoms with Crippen LogP contribution in [-0.2, 0) is 9.47 Å². The zero-order valence-corrected chi connectivity index (χ0v) is 10.4. The second-order valence-electron chi connectivity index (χ2n) is 4.34. The molecule has 0 spiro atoms. The van der Waals surface area contributed by atoms with E-state index < -0.39 is 0 Å². The molecule has 1 aliphatic rings. The summed E-state index contributed by atoms with van der Waals surface area (Å²) in [5.41, 5.74) is 0. The number of hydrogen-bond donors (Lipinski definition) is 0. The van der Waals surface area contributed by atoms with E-state index in [2.05, 4.69) is 6.92 Å². The summed E-state index contributed by atoms with van der Waals surface area (Å²) in [6, 6.07) is 0. The van der Waals surface area contributed by atoms with Crippen LogP contribution >= 0.6 is 0 Å². The van der Waals surface area contributed by atoms with Gasteiger partial charge in [-0.3, -0.25) is 0 Å². The lowest BCUT2D eigenvalue weighted by molar-refractivity contribution is 0.244. The fourth-order valence-corrected chi connectivity index (χ4v) is 1.84. The van der Waals surface area contributed by atoms with Crippen LogP contribution in [0.1, 0.15) is 64.7 Å². The Labute approximate surface area is 99.3 Å². The van der Waals surface area contributed by atoms with E-state index in [0.29, 0.717) is 0 Å². The summed E-state index contributed by atoms with van der Waals surface area (Å²) in [6.45, 7) is 2.26. The standard InChI is InChI=1S/C14H24O2/c1-2-3-4-5-6-7-8-9-10-14-13-15-11-12-16-14/h11-13H,2-10H2,1H3.